The smallest absolute Gasteiger partial charge is 0.0597 e. The summed E-state index contributed by atoms with van der Waals surface area (Å²) >= 11 is 0. The van der Waals surface area contributed by atoms with Crippen molar-refractivity contribution in [2.24, 2.45) is 7.05 Å². The summed E-state index contributed by atoms with van der Waals surface area (Å²) in [5.41, 5.74) is 4.76. The predicted molar refractivity (Wildman–Crippen MR) is 83.2 cm³/mol. The summed E-state index contributed by atoms with van der Waals surface area (Å²) in [5, 5.41) is 7.81. The Morgan fingerprint density at radius 1 is 1.15 bits per heavy atom. The molecular weight excluding hydrogens is 248 g/mol. The molecule has 1 aromatic heterocycles. The lowest BCUT2D eigenvalue weighted by Gasteiger charge is -2.18. The van der Waals surface area contributed by atoms with E-state index in [1.54, 1.807) is 0 Å². The number of hydrogen-bond donors (Lipinski definition) is 1. The topological polar surface area (TPSA) is 33.1 Å². The van der Waals surface area contributed by atoms with Crippen molar-refractivity contribution in [3.05, 3.63) is 41.7 Å². The summed E-state index contributed by atoms with van der Waals surface area (Å²) in [5.74, 6) is 0. The second-order valence-corrected chi connectivity index (χ2v) is 5.50. The highest BCUT2D eigenvalue weighted by Crippen LogP contribution is 2.22. The van der Waals surface area contributed by atoms with Crippen LogP contribution in [0.25, 0.3) is 0 Å². The second kappa shape index (κ2) is 5.57. The Hall–Kier alpha value is -1.97. The first-order valence-electron chi connectivity index (χ1n) is 7.31. The lowest BCUT2D eigenvalue weighted by molar-refractivity contribution is 0.713. The molecule has 1 saturated heterocycles. The summed E-state index contributed by atoms with van der Waals surface area (Å²) in [6, 6.07) is 10.9. The van der Waals surface area contributed by atoms with Gasteiger partial charge in [-0.1, -0.05) is 0 Å². The van der Waals surface area contributed by atoms with Crippen molar-refractivity contribution < 1.29 is 0 Å². The normalized spacial score (nSPS) is 14.8. The maximum atomic E-state index is 4.36. The van der Waals surface area contributed by atoms with Crippen molar-refractivity contribution >= 4 is 11.4 Å². The van der Waals surface area contributed by atoms with E-state index in [9.17, 15) is 0 Å². The fourth-order valence-corrected chi connectivity index (χ4v) is 2.79. The molecule has 1 N–H and O–H groups in total. The van der Waals surface area contributed by atoms with Crippen molar-refractivity contribution in [2.75, 3.05) is 23.3 Å². The van der Waals surface area contributed by atoms with Crippen LogP contribution in [0.1, 0.15) is 24.2 Å². The van der Waals surface area contributed by atoms with Crippen molar-refractivity contribution in [3.63, 3.8) is 0 Å². The Morgan fingerprint density at radius 3 is 2.45 bits per heavy atom. The second-order valence-electron chi connectivity index (χ2n) is 5.50. The van der Waals surface area contributed by atoms with E-state index >= 15 is 0 Å². The van der Waals surface area contributed by atoms with Gasteiger partial charge in [0.05, 0.1) is 17.9 Å². The number of nitrogens with one attached hydrogen (secondary N) is 1. The summed E-state index contributed by atoms with van der Waals surface area (Å²) < 4.78 is 1.93. The van der Waals surface area contributed by atoms with Crippen LogP contribution in [0.3, 0.4) is 0 Å². The monoisotopic (exact) mass is 270 g/mol. The summed E-state index contributed by atoms with van der Waals surface area (Å²) in [6.07, 6.45) is 2.64. The number of aryl methyl sites for hydroxylation is 2. The van der Waals surface area contributed by atoms with Gasteiger partial charge in [0.15, 0.2) is 0 Å². The van der Waals surface area contributed by atoms with Gasteiger partial charge >= 0.3 is 0 Å². The third-order valence-electron chi connectivity index (χ3n) is 3.91. The van der Waals surface area contributed by atoms with E-state index in [2.05, 4.69) is 45.6 Å². The first kappa shape index (κ1) is 13.0. The Morgan fingerprint density at radius 2 is 1.85 bits per heavy atom. The zero-order valence-electron chi connectivity index (χ0n) is 12.3. The van der Waals surface area contributed by atoms with Crippen LogP contribution in [0, 0.1) is 6.92 Å². The zero-order chi connectivity index (χ0) is 13.9. The van der Waals surface area contributed by atoms with E-state index in [1.807, 2.05) is 18.7 Å². The van der Waals surface area contributed by atoms with Crippen LogP contribution in [0.4, 0.5) is 11.4 Å². The van der Waals surface area contributed by atoms with Gasteiger partial charge in [0.1, 0.15) is 0 Å². The average Bonchev–Trinajstić information content (AvgIpc) is 3.07. The number of rotatable bonds is 4. The molecule has 0 bridgehead atoms. The molecule has 1 fully saturated rings. The van der Waals surface area contributed by atoms with E-state index in [0.29, 0.717) is 0 Å². The molecule has 1 aliphatic heterocycles. The molecule has 1 aliphatic rings. The van der Waals surface area contributed by atoms with Gasteiger partial charge in [0, 0.05) is 31.5 Å². The molecule has 4 nitrogen and oxygen atoms in total. The van der Waals surface area contributed by atoms with Crippen LogP contribution in [0.2, 0.25) is 0 Å². The molecule has 0 spiro atoms. The summed E-state index contributed by atoms with van der Waals surface area (Å²) in [7, 11) is 1.99. The molecular formula is C16H22N4. The third kappa shape index (κ3) is 2.79. The molecule has 2 heterocycles. The molecule has 0 unspecified atom stereocenters. The minimum absolute atomic E-state index is 0.806. The molecule has 4 heteroatoms. The Labute approximate surface area is 120 Å². The van der Waals surface area contributed by atoms with Crippen LogP contribution in [-0.2, 0) is 13.6 Å². The van der Waals surface area contributed by atoms with Crippen molar-refractivity contribution in [3.8, 4) is 0 Å². The SMILES string of the molecule is Cc1cc(CNc2ccc(N3CCCC3)cc2)n(C)n1. The van der Waals surface area contributed by atoms with Crippen molar-refractivity contribution in [1.82, 2.24) is 9.78 Å². The van der Waals surface area contributed by atoms with Gasteiger partial charge in [-0.25, -0.2) is 0 Å². The molecule has 0 aliphatic carbocycles. The van der Waals surface area contributed by atoms with Crippen LogP contribution in [-0.4, -0.2) is 22.9 Å². The molecule has 2 aromatic rings. The van der Waals surface area contributed by atoms with Gasteiger partial charge in [-0.05, 0) is 50.1 Å². The van der Waals surface area contributed by atoms with E-state index in [4.69, 9.17) is 0 Å². The molecule has 3 rings (SSSR count). The van der Waals surface area contributed by atoms with Crippen LogP contribution < -0.4 is 10.2 Å². The van der Waals surface area contributed by atoms with Gasteiger partial charge in [-0.2, -0.15) is 5.10 Å². The number of hydrogen-bond acceptors (Lipinski definition) is 3. The first-order chi connectivity index (χ1) is 9.72. The van der Waals surface area contributed by atoms with Crippen LogP contribution in [0.15, 0.2) is 30.3 Å². The molecule has 106 valence electrons. The van der Waals surface area contributed by atoms with Gasteiger partial charge < -0.3 is 10.2 Å². The first-order valence-corrected chi connectivity index (χ1v) is 7.31. The molecule has 0 saturated carbocycles. The maximum Gasteiger partial charge on any atom is 0.0597 e. The largest absolute Gasteiger partial charge is 0.379 e. The van der Waals surface area contributed by atoms with E-state index in [0.717, 1.165) is 17.9 Å². The highest BCUT2D eigenvalue weighted by atomic mass is 15.3. The highest BCUT2D eigenvalue weighted by molar-refractivity contribution is 5.55. The quantitative estimate of drug-likeness (QED) is 0.927. The van der Waals surface area contributed by atoms with Crippen LogP contribution >= 0.6 is 0 Å². The maximum absolute atomic E-state index is 4.36. The molecule has 0 radical (unpaired) electrons. The summed E-state index contributed by atoms with van der Waals surface area (Å²) in [6.45, 7) is 5.22. The molecule has 0 atom stereocenters. The van der Waals surface area contributed by atoms with Crippen molar-refractivity contribution in [2.45, 2.75) is 26.3 Å². The molecule has 20 heavy (non-hydrogen) atoms. The fraction of sp³-hybridized carbons (Fsp3) is 0.438. The minimum atomic E-state index is 0.806. The number of aromatic nitrogens is 2. The zero-order valence-corrected chi connectivity index (χ0v) is 12.3. The Kier molecular flexibility index (Phi) is 3.63. The Bertz CT molecular complexity index is 565. The predicted octanol–water partition coefficient (Wildman–Crippen LogP) is 2.94. The molecule has 1 aromatic carbocycles. The summed E-state index contributed by atoms with van der Waals surface area (Å²) in [4.78, 5) is 2.45. The lowest BCUT2D eigenvalue weighted by atomic mass is 10.2. The fourth-order valence-electron chi connectivity index (χ4n) is 2.79. The van der Waals surface area contributed by atoms with Crippen molar-refractivity contribution in [1.29, 1.82) is 0 Å². The van der Waals surface area contributed by atoms with Crippen LogP contribution in [0.5, 0.6) is 0 Å². The van der Waals surface area contributed by atoms with Gasteiger partial charge in [0.25, 0.3) is 0 Å². The number of benzene rings is 1. The Balaban J connectivity index is 1.62. The lowest BCUT2D eigenvalue weighted by Crippen LogP contribution is -2.17. The van der Waals surface area contributed by atoms with Gasteiger partial charge in [0.2, 0.25) is 0 Å². The third-order valence-corrected chi connectivity index (χ3v) is 3.91. The number of nitrogens with zero attached hydrogens (tertiary/aromatic N) is 3. The standard InChI is InChI=1S/C16H22N4/c1-13-11-16(19(2)18-13)12-17-14-5-7-15(8-6-14)20-9-3-4-10-20/h5-8,11,17H,3-4,9-10,12H2,1-2H3. The molecule has 0 amide bonds. The average molecular weight is 270 g/mol. The van der Waals surface area contributed by atoms with Gasteiger partial charge in [-0.3, -0.25) is 4.68 Å². The van der Waals surface area contributed by atoms with E-state index in [-0.39, 0.29) is 0 Å². The highest BCUT2D eigenvalue weighted by Gasteiger charge is 2.11. The van der Waals surface area contributed by atoms with E-state index in [1.165, 1.54) is 37.3 Å². The van der Waals surface area contributed by atoms with Gasteiger partial charge in [-0.15, -0.1) is 0 Å². The van der Waals surface area contributed by atoms with E-state index < -0.39 is 0 Å². The number of anilines is 2. The minimum Gasteiger partial charge on any atom is -0.379 e.